The molecule has 2 heterocycles. The number of ether oxygens (including phenoxy) is 1. The van der Waals surface area contributed by atoms with E-state index in [1.807, 2.05) is 23.1 Å². The number of rotatable bonds is 3. The molecule has 1 aliphatic rings. The number of hydrogen-bond donors (Lipinski definition) is 0. The van der Waals surface area contributed by atoms with Crippen molar-refractivity contribution in [3.63, 3.8) is 0 Å². The predicted molar refractivity (Wildman–Crippen MR) is 80.3 cm³/mol. The van der Waals surface area contributed by atoms with E-state index >= 15 is 0 Å². The van der Waals surface area contributed by atoms with Crippen LogP contribution in [0.15, 0.2) is 24.3 Å². The van der Waals surface area contributed by atoms with Gasteiger partial charge in [0, 0.05) is 38.7 Å². The van der Waals surface area contributed by atoms with Gasteiger partial charge in [-0.15, -0.1) is 0 Å². The van der Waals surface area contributed by atoms with Crippen LogP contribution in [0.25, 0.3) is 10.9 Å². The topological polar surface area (TPSA) is 45.7 Å². The van der Waals surface area contributed by atoms with Crippen molar-refractivity contribution < 1.29 is 9.53 Å². The molecule has 0 saturated carbocycles. The molecule has 1 fully saturated rings. The summed E-state index contributed by atoms with van der Waals surface area (Å²) in [4.78, 5) is 16.0. The third-order valence-corrected chi connectivity index (χ3v) is 4.49. The summed E-state index contributed by atoms with van der Waals surface area (Å²) in [5.41, 5.74) is 1.05. The molecule has 106 valence electrons. The second-order valence-electron chi connectivity index (χ2n) is 4.81. The molecule has 1 aromatic heterocycles. The first kappa shape index (κ1) is 13.3. The fourth-order valence-electron chi connectivity index (χ4n) is 2.48. The number of aromatic nitrogens is 1. The number of anilines is 1. The number of carbonyl (C=O) groups excluding carboxylic acids is 1. The predicted octanol–water partition coefficient (Wildman–Crippen LogP) is 1.59. The number of amides is 1. The van der Waals surface area contributed by atoms with E-state index in [0.29, 0.717) is 0 Å². The van der Waals surface area contributed by atoms with E-state index in [0.717, 1.165) is 31.7 Å². The molecule has 5 nitrogen and oxygen atoms in total. The Morgan fingerprint density at radius 2 is 2.05 bits per heavy atom. The van der Waals surface area contributed by atoms with Crippen LogP contribution in [-0.2, 0) is 9.53 Å². The summed E-state index contributed by atoms with van der Waals surface area (Å²) in [5, 5.41) is 2.41. The van der Waals surface area contributed by atoms with Crippen LogP contribution in [0, 0.1) is 0 Å². The van der Waals surface area contributed by atoms with Crippen LogP contribution in [0.1, 0.15) is 0 Å². The minimum Gasteiger partial charge on any atom is -0.375 e. The van der Waals surface area contributed by atoms with Crippen molar-refractivity contribution >= 4 is 33.3 Å². The molecule has 0 unspecified atom stereocenters. The molecule has 1 amide bonds. The molecule has 0 atom stereocenters. The monoisotopic (exact) mass is 291 g/mol. The highest BCUT2D eigenvalue weighted by Crippen LogP contribution is 2.31. The zero-order valence-corrected chi connectivity index (χ0v) is 12.2. The molecule has 6 heteroatoms. The summed E-state index contributed by atoms with van der Waals surface area (Å²) in [5.74, 6) is 0.0707. The molecule has 1 aromatic carbocycles. The van der Waals surface area contributed by atoms with Crippen LogP contribution in [0.4, 0.5) is 5.00 Å². The average Bonchev–Trinajstić information content (AvgIpc) is 2.92. The van der Waals surface area contributed by atoms with Crippen LogP contribution >= 0.6 is 11.5 Å². The Kier molecular flexibility index (Phi) is 3.84. The summed E-state index contributed by atoms with van der Waals surface area (Å²) in [6.45, 7) is 3.36. The third kappa shape index (κ3) is 2.48. The Morgan fingerprint density at radius 1 is 1.30 bits per heavy atom. The van der Waals surface area contributed by atoms with Gasteiger partial charge in [-0.05, 0) is 23.7 Å². The lowest BCUT2D eigenvalue weighted by Crippen LogP contribution is -2.49. The molecule has 0 aliphatic carbocycles. The summed E-state index contributed by atoms with van der Waals surface area (Å²) >= 11 is 1.54. The van der Waals surface area contributed by atoms with Gasteiger partial charge in [0.1, 0.15) is 11.6 Å². The van der Waals surface area contributed by atoms with Crippen molar-refractivity contribution in [1.29, 1.82) is 0 Å². The summed E-state index contributed by atoms with van der Waals surface area (Å²) in [6.07, 6.45) is 0. The number of benzene rings is 1. The van der Waals surface area contributed by atoms with E-state index in [9.17, 15) is 4.79 Å². The molecular formula is C14H17N3O2S. The van der Waals surface area contributed by atoms with Crippen molar-refractivity contribution in [2.24, 2.45) is 0 Å². The number of methoxy groups -OCH3 is 1. The second-order valence-corrected chi connectivity index (χ2v) is 5.56. The van der Waals surface area contributed by atoms with Gasteiger partial charge >= 0.3 is 0 Å². The fraction of sp³-hybridized carbons (Fsp3) is 0.429. The molecule has 2 aromatic rings. The van der Waals surface area contributed by atoms with Gasteiger partial charge in [0.25, 0.3) is 0 Å². The van der Waals surface area contributed by atoms with Gasteiger partial charge in [-0.25, -0.2) is 0 Å². The fourth-order valence-corrected chi connectivity index (χ4v) is 3.39. The van der Waals surface area contributed by atoms with Gasteiger partial charge in [-0.1, -0.05) is 12.1 Å². The SMILES string of the molecule is COCC(=O)N1CCN(c2snc3ccccc23)CC1. The van der Waals surface area contributed by atoms with Crippen LogP contribution in [0.5, 0.6) is 0 Å². The first-order chi connectivity index (χ1) is 9.79. The third-order valence-electron chi connectivity index (χ3n) is 3.55. The lowest BCUT2D eigenvalue weighted by molar-refractivity contribution is -0.135. The Labute approximate surface area is 121 Å². The van der Waals surface area contributed by atoms with Crippen LogP contribution < -0.4 is 4.90 Å². The van der Waals surface area contributed by atoms with Gasteiger partial charge in [0.2, 0.25) is 5.91 Å². The molecule has 0 bridgehead atoms. The molecule has 0 radical (unpaired) electrons. The van der Waals surface area contributed by atoms with Crippen molar-refractivity contribution in [2.45, 2.75) is 0 Å². The standard InChI is InChI=1S/C14H17N3O2S/c1-19-10-13(18)16-6-8-17(9-7-16)14-11-4-2-3-5-12(11)15-20-14/h2-5H,6-10H2,1H3. The highest BCUT2D eigenvalue weighted by Gasteiger charge is 2.23. The van der Waals surface area contributed by atoms with Gasteiger partial charge in [-0.3, -0.25) is 4.79 Å². The summed E-state index contributed by atoms with van der Waals surface area (Å²) in [7, 11) is 1.55. The Balaban J connectivity index is 1.70. The highest BCUT2D eigenvalue weighted by molar-refractivity contribution is 7.11. The molecule has 0 N–H and O–H groups in total. The van der Waals surface area contributed by atoms with Crippen molar-refractivity contribution in [2.75, 3.05) is 44.8 Å². The summed E-state index contributed by atoms with van der Waals surface area (Å²) < 4.78 is 9.38. The average molecular weight is 291 g/mol. The first-order valence-electron chi connectivity index (χ1n) is 6.65. The van der Waals surface area contributed by atoms with E-state index in [-0.39, 0.29) is 12.5 Å². The zero-order chi connectivity index (χ0) is 13.9. The quantitative estimate of drug-likeness (QED) is 0.861. The largest absolute Gasteiger partial charge is 0.375 e. The van der Waals surface area contributed by atoms with Gasteiger partial charge in [0.05, 0.1) is 5.52 Å². The Bertz CT molecular complexity index is 605. The zero-order valence-electron chi connectivity index (χ0n) is 11.4. The van der Waals surface area contributed by atoms with E-state index < -0.39 is 0 Å². The minimum absolute atomic E-state index is 0.0707. The molecule has 20 heavy (non-hydrogen) atoms. The molecule has 1 aliphatic heterocycles. The molecule has 1 saturated heterocycles. The maximum Gasteiger partial charge on any atom is 0.248 e. The number of hydrogen-bond acceptors (Lipinski definition) is 5. The number of nitrogens with zero attached hydrogens (tertiary/aromatic N) is 3. The van der Waals surface area contributed by atoms with E-state index in [1.54, 1.807) is 7.11 Å². The van der Waals surface area contributed by atoms with Crippen molar-refractivity contribution in [3.8, 4) is 0 Å². The van der Waals surface area contributed by atoms with Gasteiger partial charge in [-0.2, -0.15) is 4.37 Å². The van der Waals surface area contributed by atoms with Crippen LogP contribution in [-0.4, -0.2) is 55.1 Å². The smallest absolute Gasteiger partial charge is 0.248 e. The Morgan fingerprint density at radius 3 is 2.80 bits per heavy atom. The molecule has 0 spiro atoms. The first-order valence-corrected chi connectivity index (χ1v) is 7.43. The van der Waals surface area contributed by atoms with Crippen molar-refractivity contribution in [3.05, 3.63) is 24.3 Å². The van der Waals surface area contributed by atoms with Crippen LogP contribution in [0.3, 0.4) is 0 Å². The maximum absolute atomic E-state index is 11.8. The highest BCUT2D eigenvalue weighted by atomic mass is 32.1. The normalized spacial score (nSPS) is 15.8. The number of carbonyl (C=O) groups is 1. The van der Waals surface area contributed by atoms with E-state index in [1.165, 1.54) is 21.9 Å². The lowest BCUT2D eigenvalue weighted by Gasteiger charge is -2.35. The number of piperazine rings is 1. The maximum atomic E-state index is 11.8. The molecular weight excluding hydrogens is 274 g/mol. The number of fused-ring (bicyclic) bond motifs is 1. The minimum atomic E-state index is 0.0707. The molecule has 3 rings (SSSR count). The summed E-state index contributed by atoms with van der Waals surface area (Å²) in [6, 6.07) is 8.19. The second kappa shape index (κ2) is 5.76. The lowest BCUT2D eigenvalue weighted by atomic mass is 10.2. The Hall–Kier alpha value is -1.66. The van der Waals surface area contributed by atoms with Gasteiger partial charge < -0.3 is 14.5 Å². The van der Waals surface area contributed by atoms with E-state index in [4.69, 9.17) is 4.74 Å². The van der Waals surface area contributed by atoms with Crippen molar-refractivity contribution in [1.82, 2.24) is 9.27 Å². The van der Waals surface area contributed by atoms with Gasteiger partial charge in [0.15, 0.2) is 0 Å². The van der Waals surface area contributed by atoms with Crippen LogP contribution in [0.2, 0.25) is 0 Å². The van der Waals surface area contributed by atoms with E-state index in [2.05, 4.69) is 15.3 Å².